The maximum atomic E-state index is 11.6. The normalized spacial score (nSPS) is 25.5. The van der Waals surface area contributed by atoms with Crippen LogP contribution in [0.25, 0.3) is 0 Å². The van der Waals surface area contributed by atoms with Crippen molar-refractivity contribution in [2.45, 2.75) is 31.7 Å². The number of amides is 1. The Balaban J connectivity index is 0.00000196. The van der Waals surface area contributed by atoms with Crippen LogP contribution in [0.3, 0.4) is 0 Å². The zero-order chi connectivity index (χ0) is 10.4. The number of nitrogens with two attached hydrogens (primary N) is 1. The van der Waals surface area contributed by atoms with Crippen molar-refractivity contribution in [1.82, 2.24) is 5.32 Å². The summed E-state index contributed by atoms with van der Waals surface area (Å²) in [5.41, 5.74) is 5.77. The number of carbonyl (C=O) groups is 1. The molecule has 0 heterocycles. The molecule has 90 valence electrons. The molecule has 0 aromatic heterocycles. The van der Waals surface area contributed by atoms with Crippen molar-refractivity contribution in [2.24, 2.45) is 11.7 Å². The fourth-order valence-corrected chi connectivity index (χ4v) is 1.80. The first-order valence-corrected chi connectivity index (χ1v) is 5.26. The average Bonchev–Trinajstić information content (AvgIpc) is 2.19. The smallest absolute Gasteiger partial charge is 0.223 e. The van der Waals surface area contributed by atoms with Crippen molar-refractivity contribution in [3.8, 4) is 0 Å². The number of carbonyl (C=O) groups excluding carboxylic acids is 1. The van der Waals surface area contributed by atoms with Crippen molar-refractivity contribution in [3.63, 3.8) is 0 Å². The Bertz CT molecular complexity index is 182. The molecule has 1 saturated carbocycles. The van der Waals surface area contributed by atoms with Crippen molar-refractivity contribution in [1.29, 1.82) is 0 Å². The van der Waals surface area contributed by atoms with Gasteiger partial charge < -0.3 is 15.8 Å². The highest BCUT2D eigenvalue weighted by atomic mass is 35.5. The Morgan fingerprint density at radius 2 is 2.00 bits per heavy atom. The Kier molecular flexibility index (Phi) is 7.74. The molecule has 1 amide bonds. The topological polar surface area (TPSA) is 64.3 Å². The van der Waals surface area contributed by atoms with E-state index in [0.29, 0.717) is 19.2 Å². The lowest BCUT2D eigenvalue weighted by atomic mass is 9.86. The van der Waals surface area contributed by atoms with Gasteiger partial charge >= 0.3 is 0 Å². The molecule has 15 heavy (non-hydrogen) atoms. The van der Waals surface area contributed by atoms with Gasteiger partial charge in [0.1, 0.15) is 0 Å². The van der Waals surface area contributed by atoms with Crippen molar-refractivity contribution >= 4 is 18.3 Å². The van der Waals surface area contributed by atoms with E-state index in [0.717, 1.165) is 25.7 Å². The fraction of sp³-hybridized carbons (Fsp3) is 0.900. The SMILES string of the molecule is COCCNC(=O)C1CCC(N)CC1.Cl. The minimum absolute atomic E-state index is 0. The highest BCUT2D eigenvalue weighted by Gasteiger charge is 2.23. The summed E-state index contributed by atoms with van der Waals surface area (Å²) in [6.45, 7) is 1.19. The Labute approximate surface area is 97.3 Å². The molecule has 3 N–H and O–H groups in total. The fourth-order valence-electron chi connectivity index (χ4n) is 1.80. The molecule has 0 radical (unpaired) electrons. The van der Waals surface area contributed by atoms with Gasteiger partial charge in [0.2, 0.25) is 5.91 Å². The monoisotopic (exact) mass is 236 g/mol. The summed E-state index contributed by atoms with van der Waals surface area (Å²) in [5.74, 6) is 0.334. The first-order chi connectivity index (χ1) is 6.74. The molecule has 0 saturated heterocycles. The largest absolute Gasteiger partial charge is 0.383 e. The summed E-state index contributed by atoms with van der Waals surface area (Å²) in [7, 11) is 1.63. The number of methoxy groups -OCH3 is 1. The van der Waals surface area contributed by atoms with Gasteiger partial charge in [-0.3, -0.25) is 4.79 Å². The number of nitrogens with one attached hydrogen (secondary N) is 1. The highest BCUT2D eigenvalue weighted by Crippen LogP contribution is 2.22. The summed E-state index contributed by atoms with van der Waals surface area (Å²) in [6, 6.07) is 0.304. The van der Waals surface area contributed by atoms with Crippen LogP contribution in [0.15, 0.2) is 0 Å². The lowest BCUT2D eigenvalue weighted by Gasteiger charge is -2.25. The first kappa shape index (κ1) is 14.7. The molecule has 1 aliphatic rings. The molecular formula is C10H21ClN2O2. The lowest BCUT2D eigenvalue weighted by Crippen LogP contribution is -2.37. The minimum Gasteiger partial charge on any atom is -0.383 e. The van der Waals surface area contributed by atoms with E-state index in [2.05, 4.69) is 5.32 Å². The third-order valence-electron chi connectivity index (χ3n) is 2.75. The number of hydrogen-bond donors (Lipinski definition) is 2. The van der Waals surface area contributed by atoms with E-state index in [9.17, 15) is 4.79 Å². The summed E-state index contributed by atoms with van der Waals surface area (Å²) >= 11 is 0. The van der Waals surface area contributed by atoms with Gasteiger partial charge in [0.25, 0.3) is 0 Å². The van der Waals surface area contributed by atoms with E-state index < -0.39 is 0 Å². The molecule has 0 atom stereocenters. The zero-order valence-corrected chi connectivity index (χ0v) is 10.0. The van der Waals surface area contributed by atoms with Gasteiger partial charge in [0.15, 0.2) is 0 Å². The molecular weight excluding hydrogens is 216 g/mol. The Morgan fingerprint density at radius 3 is 2.53 bits per heavy atom. The van der Waals surface area contributed by atoms with Gasteiger partial charge in [-0.15, -0.1) is 12.4 Å². The molecule has 1 rings (SSSR count). The standard InChI is InChI=1S/C10H20N2O2.ClH/c1-14-7-6-12-10(13)8-2-4-9(11)5-3-8;/h8-9H,2-7,11H2,1H3,(H,12,13);1H. The molecule has 0 unspecified atom stereocenters. The molecule has 5 heteroatoms. The molecule has 0 aromatic carbocycles. The van der Waals surface area contributed by atoms with E-state index >= 15 is 0 Å². The maximum Gasteiger partial charge on any atom is 0.223 e. The van der Waals surface area contributed by atoms with Crippen LogP contribution in [-0.2, 0) is 9.53 Å². The quantitative estimate of drug-likeness (QED) is 0.706. The number of rotatable bonds is 4. The second-order valence-electron chi connectivity index (χ2n) is 3.90. The van der Waals surface area contributed by atoms with E-state index in [4.69, 9.17) is 10.5 Å². The second kappa shape index (κ2) is 7.91. The van der Waals surface area contributed by atoms with E-state index in [1.54, 1.807) is 7.11 Å². The van der Waals surface area contributed by atoms with Gasteiger partial charge in [-0.05, 0) is 25.7 Å². The van der Waals surface area contributed by atoms with E-state index in [1.807, 2.05) is 0 Å². The summed E-state index contributed by atoms with van der Waals surface area (Å²) in [4.78, 5) is 11.6. The van der Waals surface area contributed by atoms with E-state index in [1.165, 1.54) is 0 Å². The first-order valence-electron chi connectivity index (χ1n) is 5.26. The van der Waals surface area contributed by atoms with Crippen LogP contribution in [0.1, 0.15) is 25.7 Å². The maximum absolute atomic E-state index is 11.6. The van der Waals surface area contributed by atoms with Gasteiger partial charge in [0.05, 0.1) is 6.61 Å². The molecule has 0 spiro atoms. The van der Waals surface area contributed by atoms with Crippen LogP contribution in [0, 0.1) is 5.92 Å². The Hall–Kier alpha value is -0.320. The summed E-state index contributed by atoms with van der Waals surface area (Å²) < 4.78 is 4.86. The summed E-state index contributed by atoms with van der Waals surface area (Å²) in [6.07, 6.45) is 3.81. The van der Waals surface area contributed by atoms with Crippen molar-refractivity contribution in [3.05, 3.63) is 0 Å². The van der Waals surface area contributed by atoms with Crippen molar-refractivity contribution in [2.75, 3.05) is 20.3 Å². The number of hydrogen-bond acceptors (Lipinski definition) is 3. The number of ether oxygens (including phenoxy) is 1. The van der Waals surface area contributed by atoms with Crippen LogP contribution in [0.2, 0.25) is 0 Å². The molecule has 1 fully saturated rings. The predicted octanol–water partition coefficient (Wildman–Crippen LogP) is 0.688. The summed E-state index contributed by atoms with van der Waals surface area (Å²) in [5, 5.41) is 2.86. The van der Waals surface area contributed by atoms with Crippen molar-refractivity contribution < 1.29 is 9.53 Å². The molecule has 1 aliphatic carbocycles. The minimum atomic E-state index is 0. The van der Waals surface area contributed by atoms with E-state index in [-0.39, 0.29) is 24.2 Å². The van der Waals surface area contributed by atoms with Gasteiger partial charge in [-0.25, -0.2) is 0 Å². The second-order valence-corrected chi connectivity index (χ2v) is 3.90. The third kappa shape index (κ3) is 5.35. The average molecular weight is 237 g/mol. The molecule has 4 nitrogen and oxygen atoms in total. The number of halogens is 1. The molecule has 0 aliphatic heterocycles. The van der Waals surface area contributed by atoms with Crippen LogP contribution < -0.4 is 11.1 Å². The van der Waals surface area contributed by atoms with Crippen LogP contribution >= 0.6 is 12.4 Å². The van der Waals surface area contributed by atoms with Gasteiger partial charge in [-0.1, -0.05) is 0 Å². The third-order valence-corrected chi connectivity index (χ3v) is 2.75. The highest BCUT2D eigenvalue weighted by molar-refractivity contribution is 5.85. The lowest BCUT2D eigenvalue weighted by molar-refractivity contribution is -0.126. The van der Waals surface area contributed by atoms with Crippen LogP contribution in [0.4, 0.5) is 0 Å². The Morgan fingerprint density at radius 1 is 1.40 bits per heavy atom. The zero-order valence-electron chi connectivity index (χ0n) is 9.20. The van der Waals surface area contributed by atoms with Crippen LogP contribution in [-0.4, -0.2) is 32.2 Å². The predicted molar refractivity (Wildman–Crippen MR) is 62.1 cm³/mol. The molecule has 0 bridgehead atoms. The van der Waals surface area contributed by atoms with Gasteiger partial charge in [0, 0.05) is 25.6 Å². The van der Waals surface area contributed by atoms with Gasteiger partial charge in [-0.2, -0.15) is 0 Å². The van der Waals surface area contributed by atoms with Crippen LogP contribution in [0.5, 0.6) is 0 Å². The molecule has 0 aromatic rings.